The van der Waals surface area contributed by atoms with Crippen molar-refractivity contribution in [3.8, 4) is 0 Å². The highest BCUT2D eigenvalue weighted by Crippen LogP contribution is 2.22. The quantitative estimate of drug-likeness (QED) is 0.731. The molecular weight excluding hydrogens is 374 g/mol. The van der Waals surface area contributed by atoms with Gasteiger partial charge in [-0.1, -0.05) is 0 Å². The first-order valence-corrected chi connectivity index (χ1v) is 10.6. The summed E-state index contributed by atoms with van der Waals surface area (Å²) >= 11 is 1.13. The number of nitrogens with zero attached hydrogens (tertiary/aromatic N) is 3. The topological polar surface area (TPSA) is 104 Å². The van der Waals surface area contributed by atoms with Crippen LogP contribution in [0.2, 0.25) is 0 Å². The third-order valence-corrected chi connectivity index (χ3v) is 6.93. The van der Waals surface area contributed by atoms with E-state index in [1.165, 1.54) is 13.0 Å². The van der Waals surface area contributed by atoms with E-state index in [-0.39, 0.29) is 16.7 Å². The van der Waals surface area contributed by atoms with Gasteiger partial charge in [-0.15, -0.1) is 11.3 Å². The van der Waals surface area contributed by atoms with Gasteiger partial charge in [-0.05, 0) is 31.0 Å². The fraction of sp³-hybridized carbons (Fsp3) is 0.438. The highest BCUT2D eigenvalue weighted by molar-refractivity contribution is 7.91. The molecule has 0 aromatic carbocycles. The first-order valence-electron chi connectivity index (χ1n) is 8.34. The van der Waals surface area contributed by atoms with E-state index in [9.17, 15) is 13.2 Å². The molecule has 140 valence electrons. The van der Waals surface area contributed by atoms with E-state index < -0.39 is 10.0 Å². The van der Waals surface area contributed by atoms with Crippen LogP contribution in [0.25, 0.3) is 0 Å². The Morgan fingerprint density at radius 2 is 2.00 bits per heavy atom. The number of thiophene rings is 1. The van der Waals surface area contributed by atoms with Crippen LogP contribution in [-0.2, 0) is 27.9 Å². The van der Waals surface area contributed by atoms with Crippen molar-refractivity contribution in [2.75, 3.05) is 18.0 Å². The molecule has 3 rings (SSSR count). The minimum atomic E-state index is -3.65. The average Bonchev–Trinajstić information content (AvgIpc) is 3.30. The lowest BCUT2D eigenvalue weighted by molar-refractivity contribution is -0.119. The van der Waals surface area contributed by atoms with Crippen molar-refractivity contribution in [3.63, 3.8) is 0 Å². The number of amides is 1. The maximum atomic E-state index is 12.4. The van der Waals surface area contributed by atoms with Gasteiger partial charge in [0.2, 0.25) is 15.9 Å². The number of rotatable bonds is 7. The van der Waals surface area contributed by atoms with Crippen molar-refractivity contribution in [1.29, 1.82) is 0 Å². The summed E-state index contributed by atoms with van der Waals surface area (Å²) in [5.41, 5.74) is 0. The van der Waals surface area contributed by atoms with E-state index in [1.54, 1.807) is 12.3 Å². The maximum absolute atomic E-state index is 12.4. The third-order valence-electron chi connectivity index (χ3n) is 3.95. The van der Waals surface area contributed by atoms with Crippen LogP contribution in [0.5, 0.6) is 0 Å². The van der Waals surface area contributed by atoms with Gasteiger partial charge < -0.3 is 10.2 Å². The van der Waals surface area contributed by atoms with Crippen LogP contribution in [0.4, 0.5) is 5.82 Å². The Hall–Kier alpha value is -2.04. The van der Waals surface area contributed by atoms with Crippen molar-refractivity contribution < 1.29 is 13.2 Å². The fourth-order valence-electron chi connectivity index (χ4n) is 2.64. The zero-order valence-electron chi connectivity index (χ0n) is 14.4. The van der Waals surface area contributed by atoms with Crippen LogP contribution < -0.4 is 14.9 Å². The van der Waals surface area contributed by atoms with Gasteiger partial charge in [0.15, 0.2) is 0 Å². The summed E-state index contributed by atoms with van der Waals surface area (Å²) in [6, 6.07) is 5.07. The smallest absolute Gasteiger partial charge is 0.250 e. The minimum absolute atomic E-state index is 0.0307. The van der Waals surface area contributed by atoms with Crippen LogP contribution in [-0.4, -0.2) is 37.4 Å². The highest BCUT2D eigenvalue weighted by atomic mass is 32.2. The van der Waals surface area contributed by atoms with Crippen molar-refractivity contribution >= 4 is 33.1 Å². The van der Waals surface area contributed by atoms with Crippen LogP contribution in [0.3, 0.4) is 0 Å². The summed E-state index contributed by atoms with van der Waals surface area (Å²) in [5.74, 6) is 1.12. The maximum Gasteiger partial charge on any atom is 0.250 e. The zero-order chi connectivity index (χ0) is 18.6. The van der Waals surface area contributed by atoms with Gasteiger partial charge in [-0.3, -0.25) is 4.79 Å². The van der Waals surface area contributed by atoms with E-state index in [4.69, 9.17) is 0 Å². The summed E-state index contributed by atoms with van der Waals surface area (Å²) < 4.78 is 27.6. The van der Waals surface area contributed by atoms with Gasteiger partial charge in [0.25, 0.3) is 0 Å². The number of nitrogens with one attached hydrogen (secondary N) is 2. The molecule has 10 heteroatoms. The molecular formula is C16H21N5O3S2. The molecule has 2 aromatic heterocycles. The molecule has 2 aromatic rings. The Bertz CT molecular complexity index is 876. The third kappa shape index (κ3) is 4.77. The van der Waals surface area contributed by atoms with E-state index in [0.717, 1.165) is 48.0 Å². The van der Waals surface area contributed by atoms with Gasteiger partial charge >= 0.3 is 0 Å². The van der Waals surface area contributed by atoms with Crippen LogP contribution in [0.15, 0.2) is 28.6 Å². The lowest BCUT2D eigenvalue weighted by atomic mass is 10.4. The van der Waals surface area contributed by atoms with Crippen LogP contribution >= 0.6 is 11.3 Å². The molecule has 2 N–H and O–H groups in total. The second kappa shape index (κ2) is 8.11. The Labute approximate surface area is 156 Å². The molecule has 1 saturated heterocycles. The van der Waals surface area contributed by atoms with Gasteiger partial charge in [-0.25, -0.2) is 23.1 Å². The zero-order valence-corrected chi connectivity index (χ0v) is 16.1. The second-order valence-electron chi connectivity index (χ2n) is 5.98. The summed E-state index contributed by atoms with van der Waals surface area (Å²) in [6.07, 6.45) is 3.94. The molecule has 1 aliphatic rings. The number of carbonyl (C=O) groups excluding carboxylic acids is 1. The molecule has 26 heavy (non-hydrogen) atoms. The molecule has 3 heterocycles. The second-order valence-corrected chi connectivity index (χ2v) is 9.14. The number of carbonyl (C=O) groups is 1. The Balaban J connectivity index is 1.63. The molecule has 1 fully saturated rings. The molecule has 8 nitrogen and oxygen atoms in total. The molecule has 1 aliphatic heterocycles. The monoisotopic (exact) mass is 395 g/mol. The van der Waals surface area contributed by atoms with E-state index in [0.29, 0.717) is 12.4 Å². The molecule has 1 amide bonds. The summed E-state index contributed by atoms with van der Waals surface area (Å²) in [7, 11) is -3.65. The number of hydrogen-bond acceptors (Lipinski definition) is 7. The number of hydrogen-bond donors (Lipinski definition) is 2. The van der Waals surface area contributed by atoms with Gasteiger partial charge in [0.05, 0.1) is 13.1 Å². The summed E-state index contributed by atoms with van der Waals surface area (Å²) in [6.45, 7) is 3.70. The van der Waals surface area contributed by atoms with E-state index in [1.807, 2.05) is 6.07 Å². The first kappa shape index (κ1) is 18.7. The van der Waals surface area contributed by atoms with Crippen LogP contribution in [0, 0.1) is 0 Å². The minimum Gasteiger partial charge on any atom is -0.357 e. The normalized spacial score (nSPS) is 14.6. The Morgan fingerprint density at radius 1 is 1.23 bits per heavy atom. The van der Waals surface area contributed by atoms with Crippen molar-refractivity contribution in [3.05, 3.63) is 35.1 Å². The Morgan fingerprint density at radius 3 is 2.73 bits per heavy atom. The highest BCUT2D eigenvalue weighted by Gasteiger charge is 2.18. The Kier molecular flexibility index (Phi) is 5.84. The first-order chi connectivity index (χ1) is 12.4. The lowest BCUT2D eigenvalue weighted by Crippen LogP contribution is -2.25. The van der Waals surface area contributed by atoms with E-state index in [2.05, 4.69) is 24.9 Å². The predicted octanol–water partition coefficient (Wildman–Crippen LogP) is 1.25. The summed E-state index contributed by atoms with van der Waals surface area (Å²) in [4.78, 5) is 22.5. The molecule has 0 saturated carbocycles. The van der Waals surface area contributed by atoms with Crippen molar-refractivity contribution in [2.45, 2.75) is 37.1 Å². The molecule has 0 unspecified atom stereocenters. The lowest BCUT2D eigenvalue weighted by Gasteiger charge is -2.16. The number of sulfonamides is 1. The fourth-order valence-corrected chi connectivity index (χ4v) is 4.96. The SMILES string of the molecule is CC(=O)NCc1ccc(S(=O)(=O)NCc2nccc(N3CCCC3)n2)s1. The molecule has 0 atom stereocenters. The van der Waals surface area contributed by atoms with Crippen molar-refractivity contribution in [1.82, 2.24) is 20.0 Å². The van der Waals surface area contributed by atoms with Crippen molar-refractivity contribution in [2.24, 2.45) is 0 Å². The van der Waals surface area contributed by atoms with Gasteiger partial charge in [-0.2, -0.15) is 0 Å². The largest absolute Gasteiger partial charge is 0.357 e. The molecule has 0 radical (unpaired) electrons. The standard InChI is InChI=1S/C16H21N5O3S2/c1-12(22)18-10-13-4-5-16(25-13)26(23,24)19-11-14-17-7-6-15(20-14)21-8-2-3-9-21/h4-7,19H,2-3,8-11H2,1H3,(H,18,22). The number of aromatic nitrogens is 2. The molecule has 0 bridgehead atoms. The predicted molar refractivity (Wildman–Crippen MR) is 99.3 cm³/mol. The number of anilines is 1. The van der Waals surface area contributed by atoms with Gasteiger partial charge in [0.1, 0.15) is 15.9 Å². The van der Waals surface area contributed by atoms with Crippen LogP contribution in [0.1, 0.15) is 30.5 Å². The molecule has 0 spiro atoms. The van der Waals surface area contributed by atoms with E-state index >= 15 is 0 Å². The van der Waals surface area contributed by atoms with Gasteiger partial charge in [0, 0.05) is 31.1 Å². The molecule has 0 aliphatic carbocycles. The average molecular weight is 396 g/mol. The summed E-state index contributed by atoms with van der Waals surface area (Å²) in [5, 5.41) is 2.65.